The van der Waals surface area contributed by atoms with Crippen molar-refractivity contribution in [3.8, 4) is 0 Å². The molecule has 0 saturated carbocycles. The van der Waals surface area contributed by atoms with Crippen LogP contribution in [0.5, 0.6) is 0 Å². The molecule has 15 heavy (non-hydrogen) atoms. The fourth-order valence-electron chi connectivity index (χ4n) is 1.31. The Morgan fingerprint density at radius 1 is 1.53 bits per heavy atom. The second-order valence-corrected chi connectivity index (χ2v) is 4.65. The molecule has 0 aromatic carbocycles. The van der Waals surface area contributed by atoms with E-state index in [0.717, 1.165) is 0 Å². The molecule has 0 aliphatic heterocycles. The monoisotopic (exact) mass is 216 g/mol. The average molecular weight is 216 g/mol. The van der Waals surface area contributed by atoms with Gasteiger partial charge in [0.25, 0.3) is 0 Å². The molecular weight excluding hydrogens is 192 g/mol. The summed E-state index contributed by atoms with van der Waals surface area (Å²) in [5.41, 5.74) is 5.02. The highest BCUT2D eigenvalue weighted by molar-refractivity contribution is 5.79. The van der Waals surface area contributed by atoms with E-state index in [0.29, 0.717) is 13.0 Å². The molecule has 4 heteroatoms. The van der Waals surface area contributed by atoms with E-state index < -0.39 is 5.54 Å². The first-order valence-corrected chi connectivity index (χ1v) is 5.53. The molecule has 0 spiro atoms. The lowest BCUT2D eigenvalue weighted by atomic mass is 9.92. The lowest BCUT2D eigenvalue weighted by Gasteiger charge is -2.30. The van der Waals surface area contributed by atoms with Crippen molar-refractivity contribution in [2.45, 2.75) is 39.7 Å². The van der Waals surface area contributed by atoms with Gasteiger partial charge in [-0.15, -0.1) is 0 Å². The molecule has 0 aromatic heterocycles. The van der Waals surface area contributed by atoms with Crippen LogP contribution < -0.4 is 11.1 Å². The number of amides is 1. The average Bonchev–Trinajstić information content (AvgIpc) is 2.18. The number of rotatable bonds is 6. The highest BCUT2D eigenvalue weighted by atomic mass is 16.3. The first-order valence-electron chi connectivity index (χ1n) is 5.53. The normalized spacial score (nSPS) is 17.3. The first-order chi connectivity index (χ1) is 6.90. The van der Waals surface area contributed by atoms with E-state index >= 15 is 0 Å². The zero-order valence-electron chi connectivity index (χ0n) is 10.2. The van der Waals surface area contributed by atoms with Crippen LogP contribution in [0.25, 0.3) is 0 Å². The summed E-state index contributed by atoms with van der Waals surface area (Å²) in [5, 5.41) is 12.0. The topological polar surface area (TPSA) is 75.3 Å². The lowest BCUT2D eigenvalue weighted by Crippen LogP contribution is -2.52. The summed E-state index contributed by atoms with van der Waals surface area (Å²) in [7, 11) is 0. The Balaban J connectivity index is 4.45. The van der Waals surface area contributed by atoms with Gasteiger partial charge in [-0.3, -0.25) is 4.79 Å². The van der Waals surface area contributed by atoms with E-state index in [9.17, 15) is 9.90 Å². The molecule has 0 bridgehead atoms. The summed E-state index contributed by atoms with van der Waals surface area (Å²) in [4.78, 5) is 11.8. The highest BCUT2D eigenvalue weighted by Crippen LogP contribution is 2.13. The zero-order chi connectivity index (χ0) is 12.1. The van der Waals surface area contributed by atoms with E-state index in [1.54, 1.807) is 0 Å². The molecule has 0 fully saturated rings. The molecule has 4 nitrogen and oxygen atoms in total. The van der Waals surface area contributed by atoms with Crippen LogP contribution in [0.1, 0.15) is 34.1 Å². The van der Waals surface area contributed by atoms with E-state index in [-0.39, 0.29) is 24.3 Å². The van der Waals surface area contributed by atoms with Crippen molar-refractivity contribution in [3.05, 3.63) is 0 Å². The van der Waals surface area contributed by atoms with Gasteiger partial charge in [-0.1, -0.05) is 20.8 Å². The molecule has 0 rings (SSSR count). The molecule has 90 valence electrons. The number of hydrogen-bond acceptors (Lipinski definition) is 3. The Labute approximate surface area is 92.2 Å². The van der Waals surface area contributed by atoms with Gasteiger partial charge in [-0.25, -0.2) is 0 Å². The van der Waals surface area contributed by atoms with Crippen LogP contribution in [0.2, 0.25) is 0 Å². The molecule has 0 saturated heterocycles. The molecule has 4 N–H and O–H groups in total. The van der Waals surface area contributed by atoms with Crippen LogP contribution in [-0.2, 0) is 4.79 Å². The van der Waals surface area contributed by atoms with Crippen LogP contribution in [0.4, 0.5) is 0 Å². The molecule has 0 heterocycles. The molecule has 0 aliphatic rings. The summed E-state index contributed by atoms with van der Waals surface area (Å²) in [6.07, 6.45) is 0.699. The number of nitrogens with two attached hydrogens (primary N) is 1. The van der Waals surface area contributed by atoms with Gasteiger partial charge >= 0.3 is 0 Å². The summed E-state index contributed by atoms with van der Waals surface area (Å²) >= 11 is 0. The Morgan fingerprint density at radius 2 is 2.07 bits per heavy atom. The maximum atomic E-state index is 11.8. The largest absolute Gasteiger partial charge is 0.394 e. The summed E-state index contributed by atoms with van der Waals surface area (Å²) in [5.74, 6) is -0.0249. The number of aliphatic hydroxyl groups excluding tert-OH is 1. The van der Waals surface area contributed by atoms with E-state index in [2.05, 4.69) is 5.32 Å². The van der Waals surface area contributed by atoms with Crippen LogP contribution in [0.15, 0.2) is 0 Å². The number of nitrogens with one attached hydrogen (secondary N) is 1. The number of hydrogen-bond donors (Lipinski definition) is 3. The van der Waals surface area contributed by atoms with Crippen molar-refractivity contribution in [2.75, 3.05) is 13.2 Å². The van der Waals surface area contributed by atoms with Gasteiger partial charge in [0.2, 0.25) is 5.91 Å². The Bertz CT molecular complexity index is 201. The maximum Gasteiger partial charge on any atom is 0.225 e. The third kappa shape index (κ3) is 4.18. The van der Waals surface area contributed by atoms with Crippen molar-refractivity contribution in [1.29, 1.82) is 0 Å². The van der Waals surface area contributed by atoms with Gasteiger partial charge in [-0.2, -0.15) is 0 Å². The molecule has 0 aliphatic carbocycles. The minimum Gasteiger partial charge on any atom is -0.394 e. The molecule has 0 aromatic rings. The summed E-state index contributed by atoms with van der Waals surface area (Å²) in [6.45, 7) is 8.00. The Hall–Kier alpha value is -0.610. The Kier molecular flexibility index (Phi) is 5.83. The van der Waals surface area contributed by atoms with Gasteiger partial charge in [0, 0.05) is 6.54 Å². The van der Waals surface area contributed by atoms with Crippen molar-refractivity contribution < 1.29 is 9.90 Å². The first kappa shape index (κ1) is 14.4. The highest BCUT2D eigenvalue weighted by Gasteiger charge is 2.28. The minimum atomic E-state index is -0.528. The second kappa shape index (κ2) is 6.08. The second-order valence-electron chi connectivity index (χ2n) is 4.65. The molecule has 2 unspecified atom stereocenters. The number of carbonyl (C=O) groups excluding carboxylic acids is 1. The van der Waals surface area contributed by atoms with Crippen molar-refractivity contribution in [1.82, 2.24) is 5.32 Å². The summed E-state index contributed by atoms with van der Waals surface area (Å²) < 4.78 is 0. The van der Waals surface area contributed by atoms with Gasteiger partial charge in [0.05, 0.1) is 18.1 Å². The van der Waals surface area contributed by atoms with Crippen molar-refractivity contribution in [3.63, 3.8) is 0 Å². The van der Waals surface area contributed by atoms with Crippen LogP contribution in [-0.4, -0.2) is 29.7 Å². The van der Waals surface area contributed by atoms with Crippen molar-refractivity contribution in [2.24, 2.45) is 17.6 Å². The van der Waals surface area contributed by atoms with Crippen LogP contribution in [0, 0.1) is 11.8 Å². The molecule has 2 atom stereocenters. The third-order valence-corrected chi connectivity index (χ3v) is 2.95. The molecular formula is C11H24N2O2. The fraction of sp³-hybridized carbons (Fsp3) is 0.909. The van der Waals surface area contributed by atoms with Crippen LogP contribution in [0.3, 0.4) is 0 Å². The maximum absolute atomic E-state index is 11.8. The standard InChI is InChI=1S/C11H24N2O2/c1-5-11(4,7-14)13-10(15)9(6-12)8(2)3/h8-9,14H,5-7,12H2,1-4H3,(H,13,15). The van der Waals surface area contributed by atoms with E-state index in [1.165, 1.54) is 0 Å². The lowest BCUT2D eigenvalue weighted by molar-refractivity contribution is -0.128. The third-order valence-electron chi connectivity index (χ3n) is 2.95. The quantitative estimate of drug-likeness (QED) is 0.605. The van der Waals surface area contributed by atoms with E-state index in [1.807, 2.05) is 27.7 Å². The predicted molar refractivity (Wildman–Crippen MR) is 61.3 cm³/mol. The van der Waals surface area contributed by atoms with Crippen LogP contribution >= 0.6 is 0 Å². The minimum absolute atomic E-state index is 0.0510. The molecule has 0 radical (unpaired) electrons. The van der Waals surface area contributed by atoms with Gasteiger partial charge in [0.15, 0.2) is 0 Å². The van der Waals surface area contributed by atoms with Gasteiger partial charge < -0.3 is 16.2 Å². The van der Waals surface area contributed by atoms with Gasteiger partial charge in [-0.05, 0) is 19.3 Å². The van der Waals surface area contributed by atoms with E-state index in [4.69, 9.17) is 5.73 Å². The number of aliphatic hydroxyl groups is 1. The molecule has 1 amide bonds. The van der Waals surface area contributed by atoms with Crippen molar-refractivity contribution >= 4 is 5.91 Å². The van der Waals surface area contributed by atoms with Gasteiger partial charge in [0.1, 0.15) is 0 Å². The fourth-order valence-corrected chi connectivity index (χ4v) is 1.31. The Morgan fingerprint density at radius 3 is 2.33 bits per heavy atom. The zero-order valence-corrected chi connectivity index (χ0v) is 10.2. The smallest absolute Gasteiger partial charge is 0.225 e. The predicted octanol–water partition coefficient (Wildman–Crippen LogP) is 0.495. The summed E-state index contributed by atoms with van der Waals surface area (Å²) in [6, 6.07) is 0. The number of carbonyl (C=O) groups is 1. The SMILES string of the molecule is CCC(C)(CO)NC(=O)C(CN)C(C)C.